The summed E-state index contributed by atoms with van der Waals surface area (Å²) in [5.41, 5.74) is 4.05. The Bertz CT molecular complexity index is 1560. The van der Waals surface area contributed by atoms with Crippen molar-refractivity contribution in [1.82, 2.24) is 19.0 Å². The van der Waals surface area contributed by atoms with Gasteiger partial charge in [-0.1, -0.05) is 29.8 Å². The van der Waals surface area contributed by atoms with Crippen LogP contribution in [0.1, 0.15) is 20.8 Å². The summed E-state index contributed by atoms with van der Waals surface area (Å²) >= 11 is 6.62. The first-order chi connectivity index (χ1) is 18.6. The predicted molar refractivity (Wildman–Crippen MR) is 156 cm³/mol. The minimum Gasteiger partial charge on any atom is -0.505 e. The first kappa shape index (κ1) is 26.8. The molecular weight excluding hydrogens is 514 g/mol. The summed E-state index contributed by atoms with van der Waals surface area (Å²) in [6.07, 6.45) is 3.35. The van der Waals surface area contributed by atoms with Crippen molar-refractivity contribution in [3.63, 3.8) is 0 Å². The van der Waals surface area contributed by atoms with E-state index < -0.39 is 0 Å². The van der Waals surface area contributed by atoms with E-state index in [4.69, 9.17) is 16.3 Å². The van der Waals surface area contributed by atoms with Gasteiger partial charge in [-0.05, 0) is 50.6 Å². The van der Waals surface area contributed by atoms with Crippen molar-refractivity contribution in [3.05, 3.63) is 76.4 Å². The molecule has 4 aromatic rings. The summed E-state index contributed by atoms with van der Waals surface area (Å²) in [6, 6.07) is 15.1. The molecule has 2 aromatic heterocycles. The Morgan fingerprint density at radius 2 is 1.72 bits per heavy atom. The van der Waals surface area contributed by atoms with Crippen LogP contribution in [-0.4, -0.2) is 63.0 Å². The van der Waals surface area contributed by atoms with Crippen molar-refractivity contribution in [3.8, 4) is 39.7 Å². The van der Waals surface area contributed by atoms with Crippen LogP contribution in [0.25, 0.3) is 28.1 Å². The van der Waals surface area contributed by atoms with Gasteiger partial charge in [-0.15, -0.1) is 0 Å². The first-order valence-corrected chi connectivity index (χ1v) is 13.4. The maximum atomic E-state index is 12.4. The number of piperazine rings is 1. The van der Waals surface area contributed by atoms with Gasteiger partial charge < -0.3 is 19.3 Å². The van der Waals surface area contributed by atoms with Crippen LogP contribution in [0.3, 0.4) is 0 Å². The largest absolute Gasteiger partial charge is 0.505 e. The average molecular weight is 548 g/mol. The average Bonchev–Trinajstić information content (AvgIpc) is 3.26. The Hall–Kier alpha value is -3.75. The van der Waals surface area contributed by atoms with Crippen molar-refractivity contribution in [2.24, 2.45) is 7.05 Å². The molecule has 5 rings (SSSR count). The van der Waals surface area contributed by atoms with Crippen LogP contribution in [-0.2, 0) is 7.05 Å². The maximum Gasteiger partial charge on any atom is 0.332 e. The number of halogens is 1. The number of pyridine rings is 1. The molecule has 9 heteroatoms. The lowest BCUT2D eigenvalue weighted by atomic mass is 10.0. The summed E-state index contributed by atoms with van der Waals surface area (Å²) in [7, 11) is 3.24. The number of aryl methyl sites for hydroxylation is 1. The second-order valence-corrected chi connectivity index (χ2v) is 11.2. The zero-order chi connectivity index (χ0) is 27.9. The lowest BCUT2D eigenvalue weighted by molar-refractivity contribution is 0.128. The molecule has 0 amide bonds. The molecule has 0 bridgehead atoms. The van der Waals surface area contributed by atoms with Gasteiger partial charge in [-0.2, -0.15) is 0 Å². The highest BCUT2D eigenvalue weighted by molar-refractivity contribution is 6.32. The molecule has 1 saturated heterocycles. The Balaban J connectivity index is 1.49. The maximum absolute atomic E-state index is 12.4. The van der Waals surface area contributed by atoms with Crippen LogP contribution in [0.15, 0.2) is 65.7 Å². The second kappa shape index (κ2) is 10.4. The third kappa shape index (κ3) is 5.27. The number of aromatic nitrogens is 3. The summed E-state index contributed by atoms with van der Waals surface area (Å²) in [4.78, 5) is 21.9. The second-order valence-electron chi connectivity index (χ2n) is 10.8. The fourth-order valence-corrected chi connectivity index (χ4v) is 5.31. The molecule has 0 saturated carbocycles. The molecule has 3 heterocycles. The fourth-order valence-electron chi connectivity index (χ4n) is 5.04. The third-order valence-corrected chi connectivity index (χ3v) is 7.66. The lowest BCUT2D eigenvalue weighted by Crippen LogP contribution is -2.53. The number of nitrogens with zero attached hydrogens (tertiary/aromatic N) is 5. The molecule has 2 aromatic carbocycles. The number of imidazole rings is 1. The number of aromatic hydroxyl groups is 1. The van der Waals surface area contributed by atoms with Crippen molar-refractivity contribution in [1.29, 1.82) is 0 Å². The summed E-state index contributed by atoms with van der Waals surface area (Å²) in [5.74, 6) is 0.410. The van der Waals surface area contributed by atoms with Crippen molar-refractivity contribution < 1.29 is 9.84 Å². The minimum atomic E-state index is -0.194. The zero-order valence-corrected chi connectivity index (χ0v) is 23.7. The van der Waals surface area contributed by atoms with E-state index >= 15 is 0 Å². The highest BCUT2D eigenvalue weighted by Crippen LogP contribution is 2.41. The van der Waals surface area contributed by atoms with Gasteiger partial charge in [0.05, 0.1) is 17.8 Å². The number of anilines is 1. The van der Waals surface area contributed by atoms with Crippen LogP contribution >= 0.6 is 11.6 Å². The predicted octanol–water partition coefficient (Wildman–Crippen LogP) is 5.19. The Kier molecular flexibility index (Phi) is 7.18. The third-order valence-electron chi connectivity index (χ3n) is 7.36. The van der Waals surface area contributed by atoms with Crippen molar-refractivity contribution >= 4 is 17.3 Å². The molecule has 0 spiro atoms. The summed E-state index contributed by atoms with van der Waals surface area (Å²) in [5, 5.41) is 11.8. The molecule has 0 unspecified atom stereocenters. The van der Waals surface area contributed by atoms with E-state index in [-0.39, 0.29) is 17.0 Å². The topological polar surface area (TPSA) is 75.8 Å². The van der Waals surface area contributed by atoms with Gasteiger partial charge in [0.15, 0.2) is 0 Å². The van der Waals surface area contributed by atoms with E-state index in [1.165, 1.54) is 9.13 Å². The van der Waals surface area contributed by atoms with Gasteiger partial charge in [-0.3, -0.25) is 9.47 Å². The van der Waals surface area contributed by atoms with Crippen LogP contribution in [0, 0.1) is 0 Å². The summed E-state index contributed by atoms with van der Waals surface area (Å²) in [6.45, 7) is 10.6. The molecule has 1 fully saturated rings. The molecule has 204 valence electrons. The highest BCUT2D eigenvalue weighted by Gasteiger charge is 2.26. The van der Waals surface area contributed by atoms with Gasteiger partial charge >= 0.3 is 5.69 Å². The Morgan fingerprint density at radius 1 is 0.974 bits per heavy atom. The molecule has 0 radical (unpaired) electrons. The monoisotopic (exact) mass is 547 g/mol. The number of methoxy groups -OCH3 is 1. The number of hydrogen-bond donors (Lipinski definition) is 1. The van der Waals surface area contributed by atoms with Crippen LogP contribution < -0.4 is 15.3 Å². The zero-order valence-electron chi connectivity index (χ0n) is 23.0. The normalized spacial score (nSPS) is 14.6. The molecule has 1 aliphatic heterocycles. The molecule has 0 aliphatic carbocycles. The van der Waals surface area contributed by atoms with Crippen LogP contribution in [0.4, 0.5) is 5.69 Å². The molecule has 8 nitrogen and oxygen atoms in total. The van der Waals surface area contributed by atoms with Gasteiger partial charge in [-0.25, -0.2) is 9.78 Å². The molecule has 1 aliphatic rings. The van der Waals surface area contributed by atoms with E-state index in [0.717, 1.165) is 37.4 Å². The molecule has 0 atom stereocenters. The SMILES string of the molecule is COc1cc(-c2ccc(-n3ccn(C)c3=O)c(Cl)c2)c(O)c(-c2cccc(N3CCN(C(C)(C)C)CC3)c2)n1. The van der Waals surface area contributed by atoms with Gasteiger partial charge in [0.1, 0.15) is 11.4 Å². The van der Waals surface area contributed by atoms with Gasteiger partial charge in [0.25, 0.3) is 0 Å². The smallest absolute Gasteiger partial charge is 0.332 e. The van der Waals surface area contributed by atoms with E-state index in [2.05, 4.69) is 47.7 Å². The minimum absolute atomic E-state index is 0.0335. The number of hydrogen-bond acceptors (Lipinski definition) is 6. The number of ether oxygens (including phenoxy) is 1. The van der Waals surface area contributed by atoms with E-state index in [1.807, 2.05) is 18.2 Å². The number of rotatable bonds is 5. The lowest BCUT2D eigenvalue weighted by Gasteiger charge is -2.43. The number of benzene rings is 2. The fraction of sp³-hybridized carbons (Fsp3) is 0.333. The highest BCUT2D eigenvalue weighted by atomic mass is 35.5. The van der Waals surface area contributed by atoms with E-state index in [0.29, 0.717) is 33.4 Å². The standard InChI is InChI=1S/C30H34ClN5O3/c1-30(2,3)35-14-12-34(13-15-35)22-8-6-7-21(17-22)27-28(37)23(19-26(32-27)39-5)20-9-10-25(24(31)18-20)36-16-11-33(4)29(36)38/h6-11,16-19,37H,12-15H2,1-5H3. The van der Waals surface area contributed by atoms with E-state index in [1.54, 1.807) is 44.8 Å². The molecular formula is C30H34ClN5O3. The van der Waals surface area contributed by atoms with Crippen molar-refractivity contribution in [2.45, 2.75) is 26.3 Å². The van der Waals surface area contributed by atoms with Gasteiger partial charge in [0.2, 0.25) is 5.88 Å². The quantitative estimate of drug-likeness (QED) is 0.370. The van der Waals surface area contributed by atoms with Crippen LogP contribution in [0.2, 0.25) is 5.02 Å². The molecule has 39 heavy (non-hydrogen) atoms. The molecule has 1 N–H and O–H groups in total. The van der Waals surface area contributed by atoms with Crippen LogP contribution in [0.5, 0.6) is 11.6 Å². The van der Waals surface area contributed by atoms with E-state index in [9.17, 15) is 9.90 Å². The Morgan fingerprint density at radius 3 is 2.33 bits per heavy atom. The first-order valence-electron chi connectivity index (χ1n) is 13.0. The Labute approximate surface area is 233 Å². The summed E-state index contributed by atoms with van der Waals surface area (Å²) < 4.78 is 8.47. The van der Waals surface area contributed by atoms with Gasteiger partial charge in [0, 0.05) is 74.0 Å². The van der Waals surface area contributed by atoms with Crippen molar-refractivity contribution in [2.75, 3.05) is 38.2 Å².